The fourth-order valence-corrected chi connectivity index (χ4v) is 4.68. The first-order valence-electron chi connectivity index (χ1n) is 10.3. The number of aryl methyl sites for hydroxylation is 2. The molecule has 1 aliphatic rings. The minimum absolute atomic E-state index is 0.0324. The second-order valence-corrected chi connectivity index (χ2v) is 9.23. The zero-order valence-electron chi connectivity index (χ0n) is 18.5. The second kappa shape index (κ2) is 10.3. The molecule has 14 heteroatoms. The third-order valence-electron chi connectivity index (χ3n) is 5.18. The Morgan fingerprint density at radius 2 is 2.00 bits per heavy atom. The van der Waals surface area contributed by atoms with Gasteiger partial charge in [-0.2, -0.15) is 13.9 Å². The van der Waals surface area contributed by atoms with E-state index in [0.717, 1.165) is 5.56 Å². The molecule has 0 radical (unpaired) electrons. The van der Waals surface area contributed by atoms with Crippen LogP contribution in [0.3, 0.4) is 0 Å². The van der Waals surface area contributed by atoms with Gasteiger partial charge in [-0.15, -0.1) is 0 Å². The average Bonchev–Trinajstić information content (AvgIpc) is 3.37. The van der Waals surface area contributed by atoms with Crippen molar-refractivity contribution in [2.45, 2.75) is 49.8 Å². The first-order valence-corrected chi connectivity index (χ1v) is 11.7. The number of amides is 1. The lowest BCUT2D eigenvalue weighted by Crippen LogP contribution is -2.47. The van der Waals surface area contributed by atoms with Gasteiger partial charge in [0.1, 0.15) is 17.6 Å². The molecule has 3 atom stereocenters. The van der Waals surface area contributed by atoms with Gasteiger partial charge in [0, 0.05) is 12.1 Å². The summed E-state index contributed by atoms with van der Waals surface area (Å²) in [7, 11) is -4.51. The van der Waals surface area contributed by atoms with Gasteiger partial charge >= 0.3 is 16.1 Å². The van der Waals surface area contributed by atoms with Crippen LogP contribution in [0.5, 0.6) is 0 Å². The lowest BCUT2D eigenvalue weighted by atomic mass is 9.99. The number of nitrogens with two attached hydrogens (primary N) is 2. The molecule has 1 aliphatic heterocycles. The van der Waals surface area contributed by atoms with E-state index in [4.69, 9.17) is 26.2 Å². The number of benzene rings is 1. The molecular formula is C20H26N6O7S. The maximum absolute atomic E-state index is 12.4. The van der Waals surface area contributed by atoms with E-state index in [-0.39, 0.29) is 41.2 Å². The van der Waals surface area contributed by atoms with Crippen LogP contribution in [0.15, 0.2) is 33.7 Å². The van der Waals surface area contributed by atoms with Gasteiger partial charge in [0.15, 0.2) is 10.7 Å². The molecule has 13 nitrogen and oxygen atoms in total. The molecule has 1 aromatic heterocycles. The summed E-state index contributed by atoms with van der Waals surface area (Å²) in [4.78, 5) is 29.9. The summed E-state index contributed by atoms with van der Waals surface area (Å²) in [6.45, 7) is 2.38. The molecule has 0 bridgehead atoms. The Hall–Kier alpha value is -3.33. The van der Waals surface area contributed by atoms with Crippen LogP contribution in [0.25, 0.3) is 0 Å². The highest BCUT2D eigenvalue weighted by Crippen LogP contribution is 2.27. The standard InChI is InChI=1S/C20H26N6O7S/c1-10-18(11(2)31-25-10)34(29,30)33-20(28)16(9-21)24-17(27)8-14-7-15(26-32-14)12-3-5-13(6-4-12)19(22)23/h3-6,14-16,26H,7-9,21H2,1-2H3,(H3,22,23)(H,24,27)/t14-,15+,16+/m1/s1. The molecule has 0 saturated carbocycles. The number of carbonyl (C=O) groups excluding carboxylic acids is 2. The minimum Gasteiger partial charge on any atom is -0.384 e. The Balaban J connectivity index is 1.55. The summed E-state index contributed by atoms with van der Waals surface area (Å²) >= 11 is 0. The maximum atomic E-state index is 12.4. The first kappa shape index (κ1) is 25.3. The molecule has 1 fully saturated rings. The van der Waals surface area contributed by atoms with E-state index in [1.54, 1.807) is 24.3 Å². The van der Waals surface area contributed by atoms with Crippen LogP contribution < -0.4 is 22.3 Å². The fourth-order valence-electron chi connectivity index (χ4n) is 3.48. The molecule has 184 valence electrons. The van der Waals surface area contributed by atoms with Crippen LogP contribution in [0.4, 0.5) is 0 Å². The molecular weight excluding hydrogens is 468 g/mol. The molecule has 0 unspecified atom stereocenters. The van der Waals surface area contributed by atoms with Crippen molar-refractivity contribution in [2.24, 2.45) is 11.5 Å². The molecule has 3 rings (SSSR count). The van der Waals surface area contributed by atoms with E-state index in [1.807, 2.05) is 0 Å². The van der Waals surface area contributed by atoms with Crippen LogP contribution in [0.2, 0.25) is 0 Å². The summed E-state index contributed by atoms with van der Waals surface area (Å²) in [6.07, 6.45) is -0.140. The number of rotatable bonds is 9. The predicted molar refractivity (Wildman–Crippen MR) is 118 cm³/mol. The number of nitrogen functional groups attached to an aromatic ring is 1. The van der Waals surface area contributed by atoms with Gasteiger partial charge in [-0.3, -0.25) is 15.0 Å². The topological polar surface area (TPSA) is 213 Å². The summed E-state index contributed by atoms with van der Waals surface area (Å²) in [5.74, 6) is -1.87. The molecule has 2 aromatic rings. The lowest BCUT2D eigenvalue weighted by molar-refractivity contribution is -0.139. The van der Waals surface area contributed by atoms with Crippen LogP contribution in [-0.2, 0) is 28.7 Å². The number of carbonyl (C=O) groups is 2. The molecule has 2 heterocycles. The molecule has 7 N–H and O–H groups in total. The van der Waals surface area contributed by atoms with Crippen molar-refractivity contribution >= 4 is 27.8 Å². The van der Waals surface area contributed by atoms with Crippen LogP contribution in [0.1, 0.15) is 41.5 Å². The molecule has 1 aromatic carbocycles. The Labute approximate surface area is 195 Å². The summed E-state index contributed by atoms with van der Waals surface area (Å²) in [6, 6.07) is 5.47. The first-order chi connectivity index (χ1) is 16.0. The third-order valence-corrected chi connectivity index (χ3v) is 6.64. The highest BCUT2D eigenvalue weighted by atomic mass is 32.2. The van der Waals surface area contributed by atoms with Crippen molar-refractivity contribution in [3.05, 3.63) is 46.8 Å². The van der Waals surface area contributed by atoms with E-state index < -0.39 is 34.1 Å². The Kier molecular flexibility index (Phi) is 7.66. The SMILES string of the molecule is Cc1noc(C)c1S(=O)(=O)OC(=O)[C@H](CN)NC(=O)C[C@H]1C[C@@H](c2ccc(C(=N)N)cc2)NO1. The largest absolute Gasteiger partial charge is 0.384 e. The van der Waals surface area contributed by atoms with Gasteiger partial charge in [0.05, 0.1) is 18.6 Å². The van der Waals surface area contributed by atoms with Gasteiger partial charge in [-0.25, -0.2) is 4.79 Å². The Bertz CT molecular complexity index is 1160. The monoisotopic (exact) mass is 494 g/mol. The Morgan fingerprint density at radius 3 is 2.56 bits per heavy atom. The van der Waals surface area contributed by atoms with Crippen LogP contribution >= 0.6 is 0 Å². The van der Waals surface area contributed by atoms with E-state index in [0.29, 0.717) is 12.0 Å². The third kappa shape index (κ3) is 5.77. The van der Waals surface area contributed by atoms with Crippen molar-refractivity contribution in [1.82, 2.24) is 16.0 Å². The number of nitrogens with zero attached hydrogens (tertiary/aromatic N) is 1. The smallest absolute Gasteiger partial charge is 0.347 e. The van der Waals surface area contributed by atoms with E-state index in [9.17, 15) is 18.0 Å². The van der Waals surface area contributed by atoms with E-state index in [2.05, 4.69) is 20.1 Å². The highest BCUT2D eigenvalue weighted by molar-refractivity contribution is 7.87. The number of hydrogen-bond donors (Lipinski definition) is 5. The lowest BCUT2D eigenvalue weighted by Gasteiger charge is -2.16. The number of aromatic nitrogens is 1. The number of nitrogens with one attached hydrogen (secondary N) is 3. The molecule has 34 heavy (non-hydrogen) atoms. The van der Waals surface area contributed by atoms with Crippen molar-refractivity contribution in [2.75, 3.05) is 6.54 Å². The molecule has 1 saturated heterocycles. The molecule has 0 aliphatic carbocycles. The predicted octanol–water partition coefficient (Wildman–Crippen LogP) is -0.324. The normalized spacial score (nSPS) is 18.9. The maximum Gasteiger partial charge on any atom is 0.347 e. The minimum atomic E-state index is -4.51. The van der Waals surface area contributed by atoms with E-state index in [1.165, 1.54) is 13.8 Å². The molecule has 1 amide bonds. The van der Waals surface area contributed by atoms with Gasteiger partial charge < -0.3 is 25.5 Å². The quantitative estimate of drug-likeness (QED) is 0.173. The van der Waals surface area contributed by atoms with Gasteiger partial charge in [-0.05, 0) is 25.8 Å². The second-order valence-electron chi connectivity index (χ2n) is 7.75. The van der Waals surface area contributed by atoms with Gasteiger partial charge in [0.2, 0.25) is 5.91 Å². The summed E-state index contributed by atoms with van der Waals surface area (Å²) < 4.78 is 34.3. The zero-order chi connectivity index (χ0) is 25.0. The zero-order valence-corrected chi connectivity index (χ0v) is 19.3. The Morgan fingerprint density at radius 1 is 1.32 bits per heavy atom. The number of amidine groups is 1. The fraction of sp³-hybridized carbons (Fsp3) is 0.400. The van der Waals surface area contributed by atoms with E-state index >= 15 is 0 Å². The van der Waals surface area contributed by atoms with Gasteiger partial charge in [0.25, 0.3) is 0 Å². The molecule has 0 spiro atoms. The average molecular weight is 495 g/mol. The van der Waals surface area contributed by atoms with Crippen molar-refractivity contribution < 1.29 is 31.6 Å². The van der Waals surface area contributed by atoms with Crippen molar-refractivity contribution in [3.63, 3.8) is 0 Å². The summed E-state index contributed by atoms with van der Waals surface area (Å²) in [5.41, 5.74) is 15.4. The van der Waals surface area contributed by atoms with Crippen LogP contribution in [-0.4, -0.2) is 50.0 Å². The number of hydroxylamine groups is 1. The van der Waals surface area contributed by atoms with Crippen LogP contribution in [0, 0.1) is 19.3 Å². The highest BCUT2D eigenvalue weighted by Gasteiger charge is 2.33. The number of hydrogen-bond acceptors (Lipinski definition) is 11. The van der Waals surface area contributed by atoms with Gasteiger partial charge in [-0.1, -0.05) is 29.4 Å². The summed E-state index contributed by atoms with van der Waals surface area (Å²) in [5, 5.41) is 13.3. The van der Waals surface area contributed by atoms with Crippen molar-refractivity contribution in [3.8, 4) is 0 Å². The van der Waals surface area contributed by atoms with Crippen molar-refractivity contribution in [1.29, 1.82) is 5.41 Å².